The second-order valence-electron chi connectivity index (χ2n) is 6.61. The fourth-order valence-electron chi connectivity index (χ4n) is 3.44. The SMILES string of the molecule is O=C1CC(NCC2(C3CC3)CC2)C(=O)N1C1CC1. The Morgan fingerprint density at radius 2 is 1.89 bits per heavy atom. The monoisotopic (exact) mass is 248 g/mol. The van der Waals surface area contributed by atoms with E-state index in [-0.39, 0.29) is 23.9 Å². The molecule has 1 N–H and O–H groups in total. The van der Waals surface area contributed by atoms with Gasteiger partial charge in [0.25, 0.3) is 0 Å². The molecule has 1 aliphatic heterocycles. The lowest BCUT2D eigenvalue weighted by Gasteiger charge is -2.18. The molecule has 0 aromatic rings. The number of rotatable bonds is 5. The Bertz CT molecular complexity index is 408. The summed E-state index contributed by atoms with van der Waals surface area (Å²) in [4.78, 5) is 25.5. The molecule has 4 nitrogen and oxygen atoms in total. The lowest BCUT2D eigenvalue weighted by atomic mass is 10.0. The van der Waals surface area contributed by atoms with Crippen LogP contribution in [-0.4, -0.2) is 35.3 Å². The summed E-state index contributed by atoms with van der Waals surface area (Å²) in [7, 11) is 0. The minimum atomic E-state index is -0.227. The van der Waals surface area contributed by atoms with Gasteiger partial charge in [0.2, 0.25) is 11.8 Å². The first kappa shape index (κ1) is 11.0. The molecule has 4 fully saturated rings. The molecular weight excluding hydrogens is 228 g/mol. The average Bonchev–Trinajstić information content (AvgIpc) is 3.21. The van der Waals surface area contributed by atoms with E-state index < -0.39 is 0 Å². The van der Waals surface area contributed by atoms with Crippen molar-refractivity contribution in [1.82, 2.24) is 10.2 Å². The van der Waals surface area contributed by atoms with Gasteiger partial charge in [-0.1, -0.05) is 0 Å². The van der Waals surface area contributed by atoms with E-state index in [4.69, 9.17) is 0 Å². The molecule has 0 bridgehead atoms. The number of carbonyl (C=O) groups excluding carboxylic acids is 2. The van der Waals surface area contributed by atoms with E-state index in [9.17, 15) is 9.59 Å². The summed E-state index contributed by atoms with van der Waals surface area (Å²) in [6, 6.07) is 0.00411. The van der Waals surface area contributed by atoms with Crippen molar-refractivity contribution in [3.8, 4) is 0 Å². The molecule has 18 heavy (non-hydrogen) atoms. The number of nitrogens with one attached hydrogen (secondary N) is 1. The van der Waals surface area contributed by atoms with Crippen molar-refractivity contribution < 1.29 is 9.59 Å². The smallest absolute Gasteiger partial charge is 0.247 e. The summed E-state index contributed by atoms with van der Waals surface area (Å²) in [6.45, 7) is 0.944. The van der Waals surface area contributed by atoms with Gasteiger partial charge in [0.1, 0.15) is 0 Å². The average molecular weight is 248 g/mol. The van der Waals surface area contributed by atoms with Crippen molar-refractivity contribution in [2.45, 2.75) is 57.0 Å². The Balaban J connectivity index is 1.37. The largest absolute Gasteiger partial charge is 0.305 e. The molecular formula is C14H20N2O2. The van der Waals surface area contributed by atoms with Crippen LogP contribution in [0.15, 0.2) is 0 Å². The standard InChI is InChI=1S/C14H20N2O2/c17-12-7-11(13(18)16(12)10-3-4-10)15-8-14(5-6-14)9-1-2-9/h9-11,15H,1-8H2. The molecule has 0 aromatic heterocycles. The number of amides is 2. The summed E-state index contributed by atoms with van der Waals surface area (Å²) in [5.41, 5.74) is 0.496. The van der Waals surface area contributed by atoms with Gasteiger partial charge < -0.3 is 5.32 Å². The van der Waals surface area contributed by atoms with E-state index in [0.29, 0.717) is 11.8 Å². The molecule has 4 rings (SSSR count). The van der Waals surface area contributed by atoms with Gasteiger partial charge >= 0.3 is 0 Å². The highest BCUT2D eigenvalue weighted by Gasteiger charge is 2.54. The lowest BCUT2D eigenvalue weighted by Crippen LogP contribution is -2.42. The van der Waals surface area contributed by atoms with Crippen molar-refractivity contribution in [3.05, 3.63) is 0 Å². The first-order valence-corrected chi connectivity index (χ1v) is 7.29. The number of carbonyl (C=O) groups is 2. The third-order valence-corrected chi connectivity index (χ3v) is 5.13. The zero-order valence-corrected chi connectivity index (χ0v) is 10.7. The molecule has 2 amide bonds. The number of hydrogen-bond acceptors (Lipinski definition) is 3. The maximum absolute atomic E-state index is 12.2. The van der Waals surface area contributed by atoms with Crippen LogP contribution < -0.4 is 5.32 Å². The summed E-state index contributed by atoms with van der Waals surface area (Å²) in [6.07, 6.45) is 7.76. The third-order valence-electron chi connectivity index (χ3n) is 5.13. The number of likely N-dealkylation sites (tertiary alicyclic amines) is 1. The van der Waals surface area contributed by atoms with Crippen LogP contribution >= 0.6 is 0 Å². The van der Waals surface area contributed by atoms with E-state index in [1.165, 1.54) is 30.6 Å². The highest BCUT2D eigenvalue weighted by Crippen LogP contribution is 2.60. The lowest BCUT2D eigenvalue weighted by molar-refractivity contribution is -0.139. The Kier molecular flexibility index (Phi) is 2.17. The van der Waals surface area contributed by atoms with Crippen molar-refractivity contribution in [3.63, 3.8) is 0 Å². The molecule has 4 aliphatic rings. The molecule has 1 saturated heterocycles. The third kappa shape index (κ3) is 1.69. The molecule has 3 saturated carbocycles. The van der Waals surface area contributed by atoms with Gasteiger partial charge in [0, 0.05) is 12.6 Å². The van der Waals surface area contributed by atoms with Crippen LogP contribution in [0.5, 0.6) is 0 Å². The Hall–Kier alpha value is -0.900. The Morgan fingerprint density at radius 1 is 1.17 bits per heavy atom. The first-order valence-electron chi connectivity index (χ1n) is 7.29. The van der Waals surface area contributed by atoms with Crippen LogP contribution in [0.1, 0.15) is 44.9 Å². The van der Waals surface area contributed by atoms with Crippen molar-refractivity contribution in [2.24, 2.45) is 11.3 Å². The molecule has 4 heteroatoms. The molecule has 1 unspecified atom stereocenters. The van der Waals surface area contributed by atoms with Gasteiger partial charge in [0.15, 0.2) is 0 Å². The predicted octanol–water partition coefficient (Wildman–Crippen LogP) is 1.06. The molecule has 0 spiro atoms. The zero-order valence-electron chi connectivity index (χ0n) is 10.7. The summed E-state index contributed by atoms with van der Waals surface area (Å²) in [5, 5.41) is 3.39. The molecule has 3 aliphatic carbocycles. The molecule has 1 heterocycles. The van der Waals surface area contributed by atoms with Crippen LogP contribution in [0.3, 0.4) is 0 Å². The van der Waals surface area contributed by atoms with Crippen molar-refractivity contribution in [2.75, 3.05) is 6.54 Å². The minimum absolute atomic E-state index is 0.0362. The van der Waals surface area contributed by atoms with Crippen LogP contribution in [0.2, 0.25) is 0 Å². The van der Waals surface area contributed by atoms with Crippen molar-refractivity contribution >= 4 is 11.8 Å². The quantitative estimate of drug-likeness (QED) is 0.740. The van der Waals surface area contributed by atoms with E-state index in [1.54, 1.807) is 0 Å². The van der Waals surface area contributed by atoms with Gasteiger partial charge in [-0.15, -0.1) is 0 Å². The van der Waals surface area contributed by atoms with E-state index in [2.05, 4.69) is 5.32 Å². The molecule has 0 aromatic carbocycles. The minimum Gasteiger partial charge on any atom is -0.305 e. The second kappa shape index (κ2) is 3.56. The second-order valence-corrected chi connectivity index (χ2v) is 6.61. The summed E-state index contributed by atoms with van der Waals surface area (Å²) < 4.78 is 0. The van der Waals surface area contributed by atoms with Gasteiger partial charge in [0.05, 0.1) is 12.5 Å². The van der Waals surface area contributed by atoms with Crippen molar-refractivity contribution in [1.29, 1.82) is 0 Å². The van der Waals surface area contributed by atoms with E-state index in [1.807, 2.05) is 0 Å². The van der Waals surface area contributed by atoms with Gasteiger partial charge in [-0.3, -0.25) is 14.5 Å². The summed E-state index contributed by atoms with van der Waals surface area (Å²) in [5.74, 6) is 0.974. The fourth-order valence-corrected chi connectivity index (χ4v) is 3.44. The van der Waals surface area contributed by atoms with Crippen LogP contribution in [0, 0.1) is 11.3 Å². The molecule has 98 valence electrons. The molecule has 0 radical (unpaired) electrons. The van der Waals surface area contributed by atoms with Crippen LogP contribution in [-0.2, 0) is 9.59 Å². The van der Waals surface area contributed by atoms with Crippen LogP contribution in [0.4, 0.5) is 0 Å². The van der Waals surface area contributed by atoms with E-state index in [0.717, 1.165) is 25.3 Å². The highest BCUT2D eigenvalue weighted by molar-refractivity contribution is 6.06. The predicted molar refractivity (Wildman–Crippen MR) is 65.7 cm³/mol. The fraction of sp³-hybridized carbons (Fsp3) is 0.857. The first-order chi connectivity index (χ1) is 8.70. The number of nitrogens with zero attached hydrogens (tertiary/aromatic N) is 1. The molecule has 1 atom stereocenters. The van der Waals surface area contributed by atoms with Gasteiger partial charge in [-0.05, 0) is 49.9 Å². The maximum atomic E-state index is 12.2. The zero-order chi connectivity index (χ0) is 12.3. The Morgan fingerprint density at radius 3 is 2.44 bits per heavy atom. The van der Waals surface area contributed by atoms with Gasteiger partial charge in [-0.2, -0.15) is 0 Å². The Labute approximate surface area is 107 Å². The normalized spacial score (nSPS) is 34.2. The van der Waals surface area contributed by atoms with Crippen LogP contribution in [0.25, 0.3) is 0 Å². The maximum Gasteiger partial charge on any atom is 0.247 e. The topological polar surface area (TPSA) is 49.4 Å². The van der Waals surface area contributed by atoms with Gasteiger partial charge in [-0.25, -0.2) is 0 Å². The number of imide groups is 1. The summed E-state index contributed by atoms with van der Waals surface area (Å²) >= 11 is 0. The number of hydrogen-bond donors (Lipinski definition) is 1. The highest BCUT2D eigenvalue weighted by atomic mass is 16.2. The van der Waals surface area contributed by atoms with E-state index >= 15 is 0 Å².